The van der Waals surface area contributed by atoms with E-state index in [0.29, 0.717) is 12.3 Å². The van der Waals surface area contributed by atoms with Gasteiger partial charge in [-0.1, -0.05) is 18.1 Å². The van der Waals surface area contributed by atoms with Crippen LogP contribution >= 0.6 is 0 Å². The van der Waals surface area contributed by atoms with Gasteiger partial charge in [-0.2, -0.15) is 0 Å². The Morgan fingerprint density at radius 2 is 2.33 bits per heavy atom. The van der Waals surface area contributed by atoms with E-state index in [2.05, 4.69) is 17.0 Å². The van der Waals surface area contributed by atoms with E-state index in [-0.39, 0.29) is 6.10 Å². The van der Waals surface area contributed by atoms with Crippen molar-refractivity contribution in [3.63, 3.8) is 0 Å². The van der Waals surface area contributed by atoms with E-state index >= 15 is 0 Å². The molecule has 0 spiro atoms. The second-order valence-electron chi connectivity index (χ2n) is 5.38. The molecule has 5 heteroatoms. The summed E-state index contributed by atoms with van der Waals surface area (Å²) in [5.74, 6) is 0.738. The molecule has 1 fully saturated rings. The van der Waals surface area contributed by atoms with Gasteiger partial charge in [0, 0.05) is 18.7 Å². The van der Waals surface area contributed by atoms with Crippen molar-refractivity contribution in [2.75, 3.05) is 32.8 Å². The number of hydrogen-bond donors (Lipinski definition) is 1. The molecule has 0 amide bonds. The van der Waals surface area contributed by atoms with E-state index in [9.17, 15) is 0 Å². The molecule has 0 saturated carbocycles. The zero-order valence-corrected chi connectivity index (χ0v) is 13.0. The van der Waals surface area contributed by atoms with Gasteiger partial charge in [0.1, 0.15) is 18.5 Å². The fraction of sp³-hybridized carbons (Fsp3) is 0.562. The first-order chi connectivity index (χ1) is 10.1. The average molecular weight is 292 g/mol. The molecule has 1 aliphatic heterocycles. The normalized spacial score (nSPS) is 20.5. The number of rotatable bonds is 5. The van der Waals surface area contributed by atoms with Gasteiger partial charge in [-0.25, -0.2) is 0 Å². The van der Waals surface area contributed by atoms with Crippen molar-refractivity contribution in [3.05, 3.63) is 29.3 Å². The summed E-state index contributed by atoms with van der Waals surface area (Å²) in [5, 5.41) is 12.2. The van der Waals surface area contributed by atoms with Crippen LogP contribution in [0, 0.1) is 6.92 Å². The van der Waals surface area contributed by atoms with E-state index in [1.54, 1.807) is 6.92 Å². The summed E-state index contributed by atoms with van der Waals surface area (Å²) in [6.07, 6.45) is 0.0819. The maximum absolute atomic E-state index is 8.97. The third kappa shape index (κ3) is 4.19. The molecule has 5 nitrogen and oxygen atoms in total. The Morgan fingerprint density at radius 1 is 1.52 bits per heavy atom. The molecular formula is C16H24N2O3. The maximum Gasteiger partial charge on any atom is 0.128 e. The van der Waals surface area contributed by atoms with Gasteiger partial charge in [0.25, 0.3) is 0 Å². The molecule has 0 aromatic heterocycles. The first-order valence-corrected chi connectivity index (χ1v) is 7.40. The van der Waals surface area contributed by atoms with Crippen LogP contribution in [0.3, 0.4) is 0 Å². The van der Waals surface area contributed by atoms with Crippen LogP contribution in [-0.4, -0.2) is 54.8 Å². The zero-order valence-electron chi connectivity index (χ0n) is 13.0. The van der Waals surface area contributed by atoms with Crippen LogP contribution in [0.15, 0.2) is 23.4 Å². The van der Waals surface area contributed by atoms with Gasteiger partial charge in [0.2, 0.25) is 0 Å². The molecule has 1 atom stereocenters. The largest absolute Gasteiger partial charge is 0.490 e. The highest BCUT2D eigenvalue weighted by atomic mass is 16.5. The molecule has 1 unspecified atom stereocenters. The quantitative estimate of drug-likeness (QED) is 0.514. The molecule has 0 bridgehead atoms. The van der Waals surface area contributed by atoms with Crippen LogP contribution in [0.5, 0.6) is 5.75 Å². The monoisotopic (exact) mass is 292 g/mol. The molecule has 0 aliphatic carbocycles. The molecule has 1 heterocycles. The fourth-order valence-electron chi connectivity index (χ4n) is 2.45. The Hall–Kier alpha value is -1.59. The molecule has 116 valence electrons. The van der Waals surface area contributed by atoms with Gasteiger partial charge in [0.15, 0.2) is 0 Å². The van der Waals surface area contributed by atoms with Gasteiger partial charge >= 0.3 is 0 Å². The Balaban J connectivity index is 2.04. The van der Waals surface area contributed by atoms with Gasteiger partial charge in [0.05, 0.1) is 12.3 Å². The molecule has 1 saturated heterocycles. The van der Waals surface area contributed by atoms with E-state index in [4.69, 9.17) is 14.7 Å². The highest BCUT2D eigenvalue weighted by Crippen LogP contribution is 2.22. The van der Waals surface area contributed by atoms with E-state index in [1.807, 2.05) is 25.1 Å². The van der Waals surface area contributed by atoms with E-state index < -0.39 is 0 Å². The zero-order chi connectivity index (χ0) is 15.2. The molecule has 0 radical (unpaired) electrons. The minimum Gasteiger partial charge on any atom is -0.490 e. The summed E-state index contributed by atoms with van der Waals surface area (Å²) in [7, 11) is 0. The van der Waals surface area contributed by atoms with Crippen LogP contribution in [0.2, 0.25) is 0 Å². The summed E-state index contributed by atoms with van der Waals surface area (Å²) in [4.78, 5) is 2.36. The summed E-state index contributed by atoms with van der Waals surface area (Å²) in [5.41, 5.74) is 2.47. The van der Waals surface area contributed by atoms with Crippen LogP contribution in [0.25, 0.3) is 0 Å². The number of benzene rings is 1. The second-order valence-corrected chi connectivity index (χ2v) is 5.38. The lowest BCUT2D eigenvalue weighted by atomic mass is 10.1. The predicted octanol–water partition coefficient (Wildman–Crippen LogP) is 2.29. The van der Waals surface area contributed by atoms with Crippen molar-refractivity contribution >= 4 is 5.71 Å². The molecule has 21 heavy (non-hydrogen) atoms. The number of ether oxygens (including phenoxy) is 2. The van der Waals surface area contributed by atoms with Crippen molar-refractivity contribution in [3.8, 4) is 5.75 Å². The van der Waals surface area contributed by atoms with Crippen LogP contribution in [0.1, 0.15) is 25.0 Å². The molecule has 1 aromatic carbocycles. The fourth-order valence-corrected chi connectivity index (χ4v) is 2.45. The minimum atomic E-state index is 0.0819. The molecule has 1 aromatic rings. The lowest BCUT2D eigenvalue weighted by molar-refractivity contribution is -0.0464. The van der Waals surface area contributed by atoms with Crippen molar-refractivity contribution in [2.45, 2.75) is 26.9 Å². The van der Waals surface area contributed by atoms with E-state index in [1.165, 1.54) is 0 Å². The predicted molar refractivity (Wildman–Crippen MR) is 82.5 cm³/mol. The Kier molecular flexibility index (Phi) is 5.59. The number of aryl methyl sites for hydroxylation is 1. The number of hydrogen-bond acceptors (Lipinski definition) is 5. The lowest BCUT2D eigenvalue weighted by Gasteiger charge is -2.32. The first-order valence-electron chi connectivity index (χ1n) is 7.40. The molecule has 1 N–H and O–H groups in total. The van der Waals surface area contributed by atoms with Crippen LogP contribution in [-0.2, 0) is 4.74 Å². The first kappa shape index (κ1) is 15.8. The van der Waals surface area contributed by atoms with Gasteiger partial charge in [-0.05, 0) is 38.1 Å². The summed E-state index contributed by atoms with van der Waals surface area (Å²) >= 11 is 0. The number of morpholine rings is 1. The SMILES string of the molecule is CCN1CCOC(COc2cc(C)ccc2C(C)=NO)C1. The topological polar surface area (TPSA) is 54.3 Å². The summed E-state index contributed by atoms with van der Waals surface area (Å²) in [6.45, 7) is 10.1. The number of nitrogens with zero attached hydrogens (tertiary/aromatic N) is 2. The molecule has 2 rings (SSSR count). The van der Waals surface area contributed by atoms with Gasteiger partial charge in [-0.15, -0.1) is 0 Å². The number of likely N-dealkylation sites (N-methyl/N-ethyl adjacent to an activating group) is 1. The van der Waals surface area contributed by atoms with Crippen molar-refractivity contribution < 1.29 is 14.7 Å². The van der Waals surface area contributed by atoms with Crippen LogP contribution < -0.4 is 4.74 Å². The molecule has 1 aliphatic rings. The lowest BCUT2D eigenvalue weighted by Crippen LogP contribution is -2.44. The Bertz CT molecular complexity index is 502. The van der Waals surface area contributed by atoms with E-state index in [0.717, 1.165) is 43.1 Å². The van der Waals surface area contributed by atoms with Crippen molar-refractivity contribution in [1.29, 1.82) is 0 Å². The Labute approximate surface area is 126 Å². The van der Waals surface area contributed by atoms with Gasteiger partial charge in [-0.3, -0.25) is 4.90 Å². The van der Waals surface area contributed by atoms with Gasteiger partial charge < -0.3 is 14.7 Å². The second kappa shape index (κ2) is 7.43. The maximum atomic E-state index is 8.97. The number of oxime groups is 1. The average Bonchev–Trinajstić information content (AvgIpc) is 2.52. The smallest absolute Gasteiger partial charge is 0.128 e. The van der Waals surface area contributed by atoms with Crippen LogP contribution in [0.4, 0.5) is 0 Å². The minimum absolute atomic E-state index is 0.0819. The third-order valence-electron chi connectivity index (χ3n) is 3.77. The summed E-state index contributed by atoms with van der Waals surface area (Å²) in [6, 6.07) is 5.86. The summed E-state index contributed by atoms with van der Waals surface area (Å²) < 4.78 is 11.7. The third-order valence-corrected chi connectivity index (χ3v) is 3.77. The molecular weight excluding hydrogens is 268 g/mol. The van der Waals surface area contributed by atoms with Crippen molar-refractivity contribution in [2.24, 2.45) is 5.16 Å². The van der Waals surface area contributed by atoms with Crippen molar-refractivity contribution in [1.82, 2.24) is 4.90 Å². The standard InChI is InChI=1S/C16H24N2O3/c1-4-18-7-8-20-14(10-18)11-21-16-9-12(2)5-6-15(16)13(3)17-19/h5-6,9,14,19H,4,7-8,10-11H2,1-3H3. The highest BCUT2D eigenvalue weighted by molar-refractivity contribution is 6.00. The Morgan fingerprint density at radius 3 is 3.05 bits per heavy atom. The highest BCUT2D eigenvalue weighted by Gasteiger charge is 2.20.